The Morgan fingerprint density at radius 1 is 0.692 bits per heavy atom. The number of carbonyl (C=O) groups excluding carboxylic acids is 1. The predicted octanol–water partition coefficient (Wildman–Crippen LogP) is 4.77. The number of hydrogen-bond acceptors (Lipinski definition) is 4. The zero-order valence-corrected chi connectivity index (χ0v) is 14.4. The van der Waals surface area contributed by atoms with Crippen LogP contribution in [0.1, 0.15) is 18.1 Å². The van der Waals surface area contributed by atoms with Crippen LogP contribution in [-0.4, -0.2) is 17.4 Å². The van der Waals surface area contributed by atoms with Crippen LogP contribution in [-0.2, 0) is 9.63 Å². The van der Waals surface area contributed by atoms with Crippen LogP contribution in [0.3, 0.4) is 0 Å². The van der Waals surface area contributed by atoms with Gasteiger partial charge in [0.2, 0.25) is 0 Å². The van der Waals surface area contributed by atoms with E-state index in [1.165, 1.54) is 6.92 Å². The van der Waals surface area contributed by atoms with E-state index < -0.39 is 5.97 Å². The van der Waals surface area contributed by atoms with Gasteiger partial charge in [0.05, 0.1) is 5.69 Å². The van der Waals surface area contributed by atoms with E-state index in [0.29, 0.717) is 11.4 Å². The Hall–Kier alpha value is -3.53. The molecule has 26 heavy (non-hydrogen) atoms. The number of hydrogen-bond donors (Lipinski definition) is 0. The van der Waals surface area contributed by atoms with Crippen LogP contribution in [0, 0.1) is 0 Å². The molecule has 4 nitrogen and oxygen atoms in total. The van der Waals surface area contributed by atoms with Gasteiger partial charge in [-0.2, -0.15) is 0 Å². The van der Waals surface area contributed by atoms with E-state index in [4.69, 9.17) is 9.83 Å². The average Bonchev–Trinajstić information content (AvgIpc) is 2.69. The number of rotatable bonds is 5. The molecule has 0 atom stereocenters. The molecule has 0 saturated carbocycles. The van der Waals surface area contributed by atoms with Crippen LogP contribution < -0.4 is 0 Å². The van der Waals surface area contributed by atoms with Gasteiger partial charge < -0.3 is 4.84 Å². The first-order chi connectivity index (χ1) is 12.7. The van der Waals surface area contributed by atoms with Gasteiger partial charge in [-0.05, 0) is 12.1 Å². The number of benzene rings is 3. The Morgan fingerprint density at radius 2 is 1.15 bits per heavy atom. The lowest BCUT2D eigenvalue weighted by Crippen LogP contribution is -2.18. The van der Waals surface area contributed by atoms with Crippen LogP contribution in [0.25, 0.3) is 0 Å². The van der Waals surface area contributed by atoms with Crippen molar-refractivity contribution in [1.82, 2.24) is 0 Å². The summed E-state index contributed by atoms with van der Waals surface area (Å²) in [5.41, 5.74) is 3.61. The fourth-order valence-corrected chi connectivity index (χ4v) is 2.42. The van der Waals surface area contributed by atoms with E-state index in [1.54, 1.807) is 0 Å². The second-order valence-corrected chi connectivity index (χ2v) is 5.55. The van der Waals surface area contributed by atoms with Gasteiger partial charge in [0.15, 0.2) is 0 Å². The highest BCUT2D eigenvalue weighted by Gasteiger charge is 2.16. The second kappa shape index (κ2) is 8.53. The van der Waals surface area contributed by atoms with Crippen molar-refractivity contribution >= 4 is 23.1 Å². The highest BCUT2D eigenvalue weighted by Crippen LogP contribution is 2.17. The molecule has 0 N–H and O–H groups in total. The van der Waals surface area contributed by atoms with Crippen molar-refractivity contribution in [2.75, 3.05) is 0 Å². The molecule has 3 aromatic rings. The lowest BCUT2D eigenvalue weighted by molar-refractivity contribution is -0.140. The summed E-state index contributed by atoms with van der Waals surface area (Å²) in [7, 11) is 0. The molecule has 0 heterocycles. The fraction of sp³-hybridized carbons (Fsp3) is 0.0455. The molecule has 4 heteroatoms. The Balaban J connectivity index is 2.18. The minimum atomic E-state index is -0.481. The minimum Gasteiger partial charge on any atom is -0.318 e. The number of para-hydroxylation sites is 1. The molecule has 0 aliphatic heterocycles. The van der Waals surface area contributed by atoms with Crippen molar-refractivity contribution in [3.63, 3.8) is 0 Å². The first-order valence-corrected chi connectivity index (χ1v) is 8.24. The zero-order chi connectivity index (χ0) is 18.2. The quantitative estimate of drug-likeness (QED) is 0.381. The molecule has 3 aromatic carbocycles. The normalized spacial score (nSPS) is 11.9. The molecule has 0 aliphatic carbocycles. The van der Waals surface area contributed by atoms with E-state index in [1.807, 2.05) is 91.0 Å². The molecular weight excluding hydrogens is 324 g/mol. The van der Waals surface area contributed by atoms with Gasteiger partial charge in [0.1, 0.15) is 11.4 Å². The molecule has 0 spiro atoms. The molecular formula is C22H18N2O2. The van der Waals surface area contributed by atoms with Gasteiger partial charge >= 0.3 is 5.97 Å². The number of aliphatic imine (C=N–C) groups is 1. The maximum absolute atomic E-state index is 11.3. The van der Waals surface area contributed by atoms with Gasteiger partial charge in [-0.1, -0.05) is 84.0 Å². The Morgan fingerprint density at radius 3 is 1.65 bits per heavy atom. The number of oxime groups is 1. The Bertz CT molecular complexity index is 918. The third-order valence-electron chi connectivity index (χ3n) is 3.58. The van der Waals surface area contributed by atoms with Crippen LogP contribution in [0.4, 0.5) is 5.69 Å². The largest absolute Gasteiger partial charge is 0.332 e. The lowest BCUT2D eigenvalue weighted by Gasteiger charge is -2.11. The molecule has 0 aliphatic rings. The van der Waals surface area contributed by atoms with Crippen molar-refractivity contribution < 1.29 is 9.63 Å². The third-order valence-corrected chi connectivity index (χ3v) is 3.58. The number of nitrogens with zero attached hydrogens (tertiary/aromatic N) is 2. The zero-order valence-electron chi connectivity index (χ0n) is 14.4. The molecule has 3 rings (SSSR count). The summed E-state index contributed by atoms with van der Waals surface area (Å²) in [6.45, 7) is 1.32. The molecule has 0 amide bonds. The molecule has 0 aromatic heterocycles. The van der Waals surface area contributed by atoms with Gasteiger partial charge in [-0.15, -0.1) is 0 Å². The van der Waals surface area contributed by atoms with Gasteiger partial charge in [0.25, 0.3) is 0 Å². The Kier molecular flexibility index (Phi) is 5.68. The van der Waals surface area contributed by atoms with Gasteiger partial charge in [-0.3, -0.25) is 0 Å². The summed E-state index contributed by atoms with van der Waals surface area (Å²) in [6, 6.07) is 28.9. The Labute approximate surface area is 152 Å². The molecule has 0 fully saturated rings. The molecule has 0 bridgehead atoms. The number of carbonyl (C=O) groups is 1. The van der Waals surface area contributed by atoms with Gasteiger partial charge in [-0.25, -0.2) is 9.79 Å². The van der Waals surface area contributed by atoms with Crippen LogP contribution >= 0.6 is 0 Å². The highest BCUT2D eigenvalue weighted by atomic mass is 16.7. The topological polar surface area (TPSA) is 51.0 Å². The summed E-state index contributed by atoms with van der Waals surface area (Å²) in [5.74, 6) is -0.481. The monoisotopic (exact) mass is 342 g/mol. The SMILES string of the molecule is CC(=O)O/N=C(\C(=Nc1ccccc1)c1ccccc1)c1ccccc1. The van der Waals surface area contributed by atoms with Crippen molar-refractivity contribution in [1.29, 1.82) is 0 Å². The van der Waals surface area contributed by atoms with Crippen molar-refractivity contribution in [2.24, 2.45) is 10.1 Å². The van der Waals surface area contributed by atoms with E-state index in [9.17, 15) is 4.79 Å². The van der Waals surface area contributed by atoms with Crippen molar-refractivity contribution in [3.05, 3.63) is 102 Å². The fourth-order valence-electron chi connectivity index (χ4n) is 2.42. The van der Waals surface area contributed by atoms with Crippen molar-refractivity contribution in [2.45, 2.75) is 6.92 Å². The maximum Gasteiger partial charge on any atom is 0.332 e. The average molecular weight is 342 g/mol. The maximum atomic E-state index is 11.3. The standard InChI is InChI=1S/C22H18N2O2/c1-17(25)26-24-22(19-13-7-3-8-14-19)21(18-11-5-2-6-12-18)23-20-15-9-4-10-16-20/h2-16H,1H3/b23-21?,24-22-. The smallest absolute Gasteiger partial charge is 0.318 e. The summed E-state index contributed by atoms with van der Waals surface area (Å²) in [6.07, 6.45) is 0. The van der Waals surface area contributed by atoms with Gasteiger partial charge in [0, 0.05) is 18.1 Å². The molecule has 0 radical (unpaired) electrons. The molecule has 0 unspecified atom stereocenters. The summed E-state index contributed by atoms with van der Waals surface area (Å²) < 4.78 is 0. The third kappa shape index (κ3) is 4.51. The molecule has 128 valence electrons. The first kappa shape index (κ1) is 17.3. The molecule has 0 saturated heterocycles. The van der Waals surface area contributed by atoms with E-state index in [0.717, 1.165) is 16.8 Å². The lowest BCUT2D eigenvalue weighted by atomic mass is 9.99. The predicted molar refractivity (Wildman–Crippen MR) is 104 cm³/mol. The highest BCUT2D eigenvalue weighted by molar-refractivity contribution is 6.53. The minimum absolute atomic E-state index is 0.481. The van der Waals surface area contributed by atoms with E-state index in [-0.39, 0.29) is 0 Å². The second-order valence-electron chi connectivity index (χ2n) is 5.55. The van der Waals surface area contributed by atoms with E-state index in [2.05, 4.69) is 5.16 Å². The summed E-state index contributed by atoms with van der Waals surface area (Å²) in [5, 5.41) is 4.10. The van der Waals surface area contributed by atoms with Crippen molar-refractivity contribution in [3.8, 4) is 0 Å². The summed E-state index contributed by atoms with van der Waals surface area (Å²) >= 11 is 0. The summed E-state index contributed by atoms with van der Waals surface area (Å²) in [4.78, 5) is 21.1. The van der Waals surface area contributed by atoms with Crippen LogP contribution in [0.5, 0.6) is 0 Å². The first-order valence-electron chi connectivity index (χ1n) is 8.24. The van der Waals surface area contributed by atoms with E-state index >= 15 is 0 Å². The van der Waals surface area contributed by atoms with Crippen LogP contribution in [0.15, 0.2) is 101 Å². The van der Waals surface area contributed by atoms with Crippen LogP contribution in [0.2, 0.25) is 0 Å².